The minimum atomic E-state index is 0.214. The maximum atomic E-state index is 6.36. The molecule has 1 aromatic rings. The van der Waals surface area contributed by atoms with Crippen molar-refractivity contribution in [1.82, 2.24) is 0 Å². The van der Waals surface area contributed by atoms with Gasteiger partial charge < -0.3 is 0 Å². The summed E-state index contributed by atoms with van der Waals surface area (Å²) in [6, 6.07) is 4.42. The molecule has 0 aliphatic carbocycles. The normalized spacial score (nSPS) is 14.2. The first-order valence-corrected chi connectivity index (χ1v) is 6.94. The Morgan fingerprint density at radius 1 is 1.33 bits per heavy atom. The van der Waals surface area contributed by atoms with E-state index in [2.05, 4.69) is 39.8 Å². The van der Waals surface area contributed by atoms with Crippen molar-refractivity contribution < 1.29 is 0 Å². The van der Waals surface area contributed by atoms with E-state index in [4.69, 9.17) is 11.6 Å². The molecular formula is C13H21ClS. The number of halogens is 1. The van der Waals surface area contributed by atoms with Gasteiger partial charge in [-0.05, 0) is 24.0 Å². The molecule has 0 amide bonds. The van der Waals surface area contributed by atoms with Crippen molar-refractivity contribution in [1.29, 1.82) is 0 Å². The molecule has 1 rings (SSSR count). The van der Waals surface area contributed by atoms with Crippen LogP contribution in [-0.4, -0.2) is 0 Å². The Bertz CT molecular complexity index is 296. The minimum absolute atomic E-state index is 0.214. The number of hydrogen-bond donors (Lipinski definition) is 0. The van der Waals surface area contributed by atoms with Crippen LogP contribution in [0.15, 0.2) is 12.1 Å². The number of thiophene rings is 1. The van der Waals surface area contributed by atoms with Crippen molar-refractivity contribution in [3.63, 3.8) is 0 Å². The van der Waals surface area contributed by atoms with Gasteiger partial charge in [-0.15, -0.1) is 22.9 Å². The summed E-state index contributed by atoms with van der Waals surface area (Å²) < 4.78 is 0. The average Bonchev–Trinajstić information content (AvgIpc) is 2.62. The highest BCUT2D eigenvalue weighted by atomic mass is 35.5. The van der Waals surface area contributed by atoms with E-state index < -0.39 is 0 Å². The zero-order chi connectivity index (χ0) is 11.5. The summed E-state index contributed by atoms with van der Waals surface area (Å²) >= 11 is 8.23. The van der Waals surface area contributed by atoms with Crippen molar-refractivity contribution in [3.8, 4) is 0 Å². The van der Waals surface area contributed by atoms with E-state index in [-0.39, 0.29) is 10.8 Å². The van der Waals surface area contributed by atoms with Crippen LogP contribution in [0.25, 0.3) is 0 Å². The van der Waals surface area contributed by atoms with E-state index in [1.807, 2.05) is 11.3 Å². The molecule has 0 bridgehead atoms. The van der Waals surface area contributed by atoms with Crippen molar-refractivity contribution in [2.24, 2.45) is 0 Å². The van der Waals surface area contributed by atoms with Crippen LogP contribution in [0.4, 0.5) is 0 Å². The number of rotatable bonds is 4. The summed E-state index contributed by atoms with van der Waals surface area (Å²) in [5.41, 5.74) is 0.254. The topological polar surface area (TPSA) is 0 Å². The van der Waals surface area contributed by atoms with Gasteiger partial charge in [-0.3, -0.25) is 0 Å². The first-order valence-electron chi connectivity index (χ1n) is 5.69. The van der Waals surface area contributed by atoms with E-state index in [9.17, 15) is 0 Å². The van der Waals surface area contributed by atoms with Crippen LogP contribution in [-0.2, 0) is 5.41 Å². The largest absolute Gasteiger partial charge is 0.143 e. The molecule has 1 aromatic heterocycles. The molecule has 0 aliphatic rings. The van der Waals surface area contributed by atoms with Gasteiger partial charge in [-0.1, -0.05) is 40.5 Å². The Hall–Kier alpha value is -0.0100. The minimum Gasteiger partial charge on any atom is -0.143 e. The van der Waals surface area contributed by atoms with Gasteiger partial charge in [0.15, 0.2) is 0 Å². The Balaban J connectivity index is 2.67. The smallest absolute Gasteiger partial charge is 0.0678 e. The van der Waals surface area contributed by atoms with Crippen LogP contribution in [0.3, 0.4) is 0 Å². The predicted octanol–water partition coefficient (Wildman–Crippen LogP) is 5.52. The fourth-order valence-electron chi connectivity index (χ4n) is 1.45. The average molecular weight is 245 g/mol. The van der Waals surface area contributed by atoms with Crippen molar-refractivity contribution in [2.75, 3.05) is 0 Å². The van der Waals surface area contributed by atoms with Gasteiger partial charge in [0.25, 0.3) is 0 Å². The van der Waals surface area contributed by atoms with Crippen LogP contribution in [0, 0.1) is 0 Å². The Morgan fingerprint density at radius 3 is 2.47 bits per heavy atom. The quantitative estimate of drug-likeness (QED) is 0.612. The molecule has 1 unspecified atom stereocenters. The number of alkyl halides is 1. The second-order valence-corrected chi connectivity index (χ2v) is 6.70. The van der Waals surface area contributed by atoms with Gasteiger partial charge in [-0.25, -0.2) is 0 Å². The maximum absolute atomic E-state index is 6.36. The molecule has 0 fully saturated rings. The van der Waals surface area contributed by atoms with Crippen LogP contribution < -0.4 is 0 Å². The van der Waals surface area contributed by atoms with Gasteiger partial charge in [0.2, 0.25) is 0 Å². The molecule has 1 atom stereocenters. The van der Waals surface area contributed by atoms with Gasteiger partial charge in [0.1, 0.15) is 0 Å². The van der Waals surface area contributed by atoms with Crippen LogP contribution in [0.5, 0.6) is 0 Å². The lowest BCUT2D eigenvalue weighted by Crippen LogP contribution is -2.07. The second-order valence-electron chi connectivity index (χ2n) is 5.06. The SMILES string of the molecule is CCCCC(Cl)c1ccc(C(C)(C)C)s1. The summed E-state index contributed by atoms with van der Waals surface area (Å²) in [5.74, 6) is 0. The molecule has 0 saturated carbocycles. The molecule has 0 N–H and O–H groups in total. The third kappa shape index (κ3) is 3.81. The molecular weight excluding hydrogens is 224 g/mol. The fraction of sp³-hybridized carbons (Fsp3) is 0.692. The summed E-state index contributed by atoms with van der Waals surface area (Å²) in [4.78, 5) is 2.76. The molecule has 0 spiro atoms. The highest BCUT2D eigenvalue weighted by Crippen LogP contribution is 2.36. The molecule has 1 heterocycles. The molecule has 0 saturated heterocycles. The first-order chi connectivity index (χ1) is 6.95. The molecule has 0 radical (unpaired) electrons. The van der Waals surface area contributed by atoms with Crippen molar-refractivity contribution in [2.45, 2.75) is 57.7 Å². The molecule has 2 heteroatoms. The summed E-state index contributed by atoms with van der Waals surface area (Å²) in [5, 5.41) is 0.214. The van der Waals surface area contributed by atoms with Gasteiger partial charge >= 0.3 is 0 Å². The Kier molecular flexibility index (Phi) is 4.66. The van der Waals surface area contributed by atoms with Crippen molar-refractivity contribution in [3.05, 3.63) is 21.9 Å². The maximum Gasteiger partial charge on any atom is 0.0678 e. The highest BCUT2D eigenvalue weighted by Gasteiger charge is 2.18. The monoisotopic (exact) mass is 244 g/mol. The van der Waals surface area contributed by atoms with Crippen LogP contribution >= 0.6 is 22.9 Å². The lowest BCUT2D eigenvalue weighted by molar-refractivity contribution is 0.604. The molecule has 86 valence electrons. The van der Waals surface area contributed by atoms with E-state index in [1.165, 1.54) is 22.6 Å². The Labute approximate surface area is 103 Å². The molecule has 0 aromatic carbocycles. The first kappa shape index (κ1) is 13.1. The van der Waals surface area contributed by atoms with Crippen LogP contribution in [0.2, 0.25) is 0 Å². The van der Waals surface area contributed by atoms with E-state index >= 15 is 0 Å². The zero-order valence-corrected chi connectivity index (χ0v) is 11.7. The van der Waals surface area contributed by atoms with Gasteiger partial charge in [0, 0.05) is 9.75 Å². The lowest BCUT2D eigenvalue weighted by atomic mass is 9.95. The zero-order valence-electron chi connectivity index (χ0n) is 10.1. The van der Waals surface area contributed by atoms with Gasteiger partial charge in [0.05, 0.1) is 5.38 Å². The van der Waals surface area contributed by atoms with Crippen molar-refractivity contribution >= 4 is 22.9 Å². The highest BCUT2D eigenvalue weighted by molar-refractivity contribution is 7.12. The van der Waals surface area contributed by atoms with E-state index in [0.717, 1.165) is 6.42 Å². The van der Waals surface area contributed by atoms with Gasteiger partial charge in [-0.2, -0.15) is 0 Å². The summed E-state index contributed by atoms with van der Waals surface area (Å²) in [6.45, 7) is 8.95. The third-order valence-corrected chi connectivity index (χ3v) is 4.69. The number of unbranched alkanes of at least 4 members (excludes halogenated alkanes) is 1. The third-order valence-electron chi connectivity index (χ3n) is 2.49. The summed E-state index contributed by atoms with van der Waals surface area (Å²) in [7, 11) is 0. The molecule has 15 heavy (non-hydrogen) atoms. The standard InChI is InChI=1S/C13H21ClS/c1-5-6-7-10(14)11-8-9-12(15-11)13(2,3)4/h8-10H,5-7H2,1-4H3. The van der Waals surface area contributed by atoms with Crippen LogP contribution in [0.1, 0.15) is 62.1 Å². The number of hydrogen-bond acceptors (Lipinski definition) is 1. The fourth-order valence-corrected chi connectivity index (χ4v) is 2.89. The second kappa shape index (κ2) is 5.36. The molecule has 0 nitrogen and oxygen atoms in total. The molecule has 0 aliphatic heterocycles. The van der Waals surface area contributed by atoms with E-state index in [0.29, 0.717) is 0 Å². The summed E-state index contributed by atoms with van der Waals surface area (Å²) in [6.07, 6.45) is 3.54. The Morgan fingerprint density at radius 2 is 2.00 bits per heavy atom. The van der Waals surface area contributed by atoms with E-state index in [1.54, 1.807) is 0 Å². The lowest BCUT2D eigenvalue weighted by Gasteiger charge is -2.15. The predicted molar refractivity (Wildman–Crippen MR) is 71.1 cm³/mol.